The number of nitrogens with two attached hydrogens (primary N) is 1. The van der Waals surface area contributed by atoms with Gasteiger partial charge in [-0.3, -0.25) is 9.59 Å². The van der Waals surface area contributed by atoms with Crippen molar-refractivity contribution in [2.45, 2.75) is 62.4 Å². The molecule has 2 aliphatic carbocycles. The van der Waals surface area contributed by atoms with Crippen LogP contribution in [0.4, 0.5) is 0 Å². The molecule has 0 saturated carbocycles. The van der Waals surface area contributed by atoms with E-state index >= 15 is 0 Å². The molecule has 0 amide bonds. The SMILES string of the molecule is CC(O)C1(N)Cc2c(O)c3c(c(O)c2C(OC2CC(O)C(O)CO2)C1)C(=O)c1ccccc1C3=O. The van der Waals surface area contributed by atoms with Gasteiger partial charge >= 0.3 is 0 Å². The van der Waals surface area contributed by atoms with Crippen LogP contribution in [0.25, 0.3) is 0 Å². The molecule has 1 fully saturated rings. The van der Waals surface area contributed by atoms with Gasteiger partial charge in [0.05, 0.1) is 36.0 Å². The van der Waals surface area contributed by atoms with Crippen molar-refractivity contribution >= 4 is 11.6 Å². The predicted octanol–water partition coefficient (Wildman–Crippen LogP) is 0.424. The summed E-state index contributed by atoms with van der Waals surface area (Å²) < 4.78 is 11.5. The monoisotopic (exact) mass is 485 g/mol. The maximum absolute atomic E-state index is 13.3. The van der Waals surface area contributed by atoms with Crippen LogP contribution in [-0.4, -0.2) is 73.8 Å². The first-order valence-corrected chi connectivity index (χ1v) is 11.4. The highest BCUT2D eigenvalue weighted by molar-refractivity contribution is 6.30. The molecule has 186 valence electrons. The Kier molecular flexibility index (Phi) is 5.71. The van der Waals surface area contributed by atoms with Crippen LogP contribution in [0.15, 0.2) is 24.3 Å². The number of phenolic OH excluding ortho intramolecular Hbond substituents is 2. The molecule has 5 rings (SSSR count). The molecule has 2 aromatic carbocycles. The lowest BCUT2D eigenvalue weighted by Crippen LogP contribution is -2.55. The Morgan fingerprint density at radius 2 is 1.66 bits per heavy atom. The second kappa shape index (κ2) is 8.37. The summed E-state index contributed by atoms with van der Waals surface area (Å²) >= 11 is 0. The quantitative estimate of drug-likeness (QED) is 0.285. The number of fused-ring (bicyclic) bond motifs is 3. The molecule has 10 nitrogen and oxygen atoms in total. The molecule has 1 heterocycles. The number of carbonyl (C=O) groups is 2. The topological polar surface area (TPSA) is 180 Å². The van der Waals surface area contributed by atoms with Crippen molar-refractivity contribution < 1.29 is 44.6 Å². The number of carbonyl (C=O) groups excluding carboxylic acids is 2. The van der Waals surface area contributed by atoms with Gasteiger partial charge in [-0.25, -0.2) is 0 Å². The summed E-state index contributed by atoms with van der Waals surface area (Å²) in [5.74, 6) is -2.22. The summed E-state index contributed by atoms with van der Waals surface area (Å²) in [6, 6.07) is 6.15. The Bertz CT molecular complexity index is 1230. The number of hydrogen-bond acceptors (Lipinski definition) is 10. The van der Waals surface area contributed by atoms with Crippen molar-refractivity contribution in [3.05, 3.63) is 57.6 Å². The predicted molar refractivity (Wildman–Crippen MR) is 120 cm³/mol. The van der Waals surface area contributed by atoms with Crippen LogP contribution in [0.2, 0.25) is 0 Å². The van der Waals surface area contributed by atoms with E-state index < -0.39 is 59.3 Å². The number of aliphatic hydroxyl groups is 3. The number of ether oxygens (including phenoxy) is 2. The van der Waals surface area contributed by atoms with Crippen molar-refractivity contribution in [1.82, 2.24) is 0 Å². The van der Waals surface area contributed by atoms with Crippen LogP contribution < -0.4 is 5.73 Å². The number of ketones is 2. The van der Waals surface area contributed by atoms with Gasteiger partial charge in [0.2, 0.25) is 0 Å². The van der Waals surface area contributed by atoms with Gasteiger partial charge in [-0.2, -0.15) is 0 Å². The first kappa shape index (κ1) is 23.9. The fraction of sp³-hybridized carbons (Fsp3) is 0.440. The van der Waals surface area contributed by atoms with Crippen LogP contribution in [0, 0.1) is 0 Å². The van der Waals surface area contributed by atoms with E-state index in [1.165, 1.54) is 19.1 Å². The summed E-state index contributed by atoms with van der Waals surface area (Å²) in [6.07, 6.45) is -5.45. The number of hydrogen-bond donors (Lipinski definition) is 6. The number of benzene rings is 2. The molecule has 0 radical (unpaired) electrons. The van der Waals surface area contributed by atoms with Gasteiger partial charge in [0.25, 0.3) is 0 Å². The molecule has 0 bridgehead atoms. The van der Waals surface area contributed by atoms with Crippen molar-refractivity contribution in [3.63, 3.8) is 0 Å². The molecule has 6 atom stereocenters. The minimum absolute atomic E-state index is 0.0132. The van der Waals surface area contributed by atoms with E-state index in [1.807, 2.05) is 0 Å². The van der Waals surface area contributed by atoms with Gasteiger partial charge in [-0.15, -0.1) is 0 Å². The Balaban J connectivity index is 1.66. The maximum Gasteiger partial charge on any atom is 0.198 e. The van der Waals surface area contributed by atoms with E-state index in [0.29, 0.717) is 0 Å². The Hall–Kier alpha value is -2.86. The van der Waals surface area contributed by atoms with Gasteiger partial charge in [-0.1, -0.05) is 24.3 Å². The average molecular weight is 485 g/mol. The zero-order valence-corrected chi connectivity index (χ0v) is 19.0. The number of phenols is 2. The lowest BCUT2D eigenvalue weighted by Gasteiger charge is -2.43. The molecule has 3 aliphatic rings. The highest BCUT2D eigenvalue weighted by Gasteiger charge is 2.47. The largest absolute Gasteiger partial charge is 0.507 e. The minimum Gasteiger partial charge on any atom is -0.507 e. The summed E-state index contributed by atoms with van der Waals surface area (Å²) in [7, 11) is 0. The second-order valence-corrected chi connectivity index (χ2v) is 9.59. The standard InChI is InChI=1S/C25H27NO9/c1-10(27)25(26)7-13-18(16(8-25)35-17-6-14(28)15(29)9-34-17)24(33)20-19(23(13)32)21(30)11-4-2-3-5-12(11)22(20)31/h2-5,10,14-17,27-29,32-33H,6-9,26H2,1H3. The Morgan fingerprint density at radius 3 is 2.23 bits per heavy atom. The van der Waals surface area contributed by atoms with Crippen LogP contribution in [-0.2, 0) is 15.9 Å². The molecule has 2 aromatic rings. The van der Waals surface area contributed by atoms with Crippen LogP contribution >= 0.6 is 0 Å². The first-order valence-electron chi connectivity index (χ1n) is 11.4. The molecular weight excluding hydrogens is 458 g/mol. The van der Waals surface area contributed by atoms with Crippen molar-refractivity contribution in [2.75, 3.05) is 6.61 Å². The van der Waals surface area contributed by atoms with Crippen molar-refractivity contribution in [2.24, 2.45) is 5.73 Å². The third-order valence-electron chi connectivity index (χ3n) is 7.33. The van der Waals surface area contributed by atoms with Crippen molar-refractivity contribution in [1.29, 1.82) is 0 Å². The fourth-order valence-corrected chi connectivity index (χ4v) is 5.21. The van der Waals surface area contributed by atoms with E-state index in [2.05, 4.69) is 0 Å². The number of aromatic hydroxyl groups is 2. The molecule has 1 saturated heterocycles. The molecule has 7 N–H and O–H groups in total. The highest BCUT2D eigenvalue weighted by Crippen LogP contribution is 2.51. The fourth-order valence-electron chi connectivity index (χ4n) is 5.21. The highest BCUT2D eigenvalue weighted by atomic mass is 16.7. The minimum atomic E-state index is -1.30. The molecule has 0 spiro atoms. The van der Waals surface area contributed by atoms with E-state index in [9.17, 15) is 35.1 Å². The lowest BCUT2D eigenvalue weighted by molar-refractivity contribution is -0.239. The van der Waals surface area contributed by atoms with E-state index in [0.717, 1.165) is 0 Å². The van der Waals surface area contributed by atoms with Crippen LogP contribution in [0.5, 0.6) is 11.5 Å². The summed E-state index contributed by atoms with van der Waals surface area (Å²) in [5.41, 5.74) is 4.95. The van der Waals surface area contributed by atoms with Crippen LogP contribution in [0.1, 0.15) is 68.8 Å². The van der Waals surface area contributed by atoms with Gasteiger partial charge in [0.1, 0.15) is 17.6 Å². The van der Waals surface area contributed by atoms with Crippen LogP contribution in [0.3, 0.4) is 0 Å². The van der Waals surface area contributed by atoms with Gasteiger partial charge in [0, 0.05) is 34.2 Å². The summed E-state index contributed by atoms with van der Waals surface area (Å²) in [5, 5.41) is 52.8. The Labute approximate surface area is 200 Å². The van der Waals surface area contributed by atoms with E-state index in [4.69, 9.17) is 15.2 Å². The first-order chi connectivity index (χ1) is 16.5. The third kappa shape index (κ3) is 3.65. The molecule has 1 aliphatic heterocycles. The van der Waals surface area contributed by atoms with Crippen molar-refractivity contribution in [3.8, 4) is 11.5 Å². The smallest absolute Gasteiger partial charge is 0.198 e. The third-order valence-corrected chi connectivity index (χ3v) is 7.33. The van der Waals surface area contributed by atoms with Gasteiger partial charge in [-0.05, 0) is 19.8 Å². The maximum atomic E-state index is 13.3. The zero-order valence-electron chi connectivity index (χ0n) is 19.0. The molecule has 0 aromatic heterocycles. The molecule has 10 heteroatoms. The Morgan fingerprint density at radius 1 is 1.06 bits per heavy atom. The zero-order chi connectivity index (χ0) is 25.2. The molecule has 6 unspecified atom stereocenters. The summed E-state index contributed by atoms with van der Waals surface area (Å²) in [4.78, 5) is 26.6. The number of rotatable bonds is 3. The second-order valence-electron chi connectivity index (χ2n) is 9.59. The molecule has 35 heavy (non-hydrogen) atoms. The van der Waals surface area contributed by atoms with E-state index in [1.54, 1.807) is 12.1 Å². The average Bonchev–Trinajstić information content (AvgIpc) is 2.82. The van der Waals surface area contributed by atoms with Gasteiger partial charge < -0.3 is 40.7 Å². The molecular formula is C25H27NO9. The van der Waals surface area contributed by atoms with Gasteiger partial charge in [0.15, 0.2) is 17.9 Å². The normalized spacial score (nSPS) is 30.9. The number of aliphatic hydroxyl groups excluding tert-OH is 3. The van der Waals surface area contributed by atoms with E-state index in [-0.39, 0.29) is 59.3 Å². The summed E-state index contributed by atoms with van der Waals surface area (Å²) in [6.45, 7) is 1.31. The lowest BCUT2D eigenvalue weighted by atomic mass is 9.70.